The van der Waals surface area contributed by atoms with Gasteiger partial charge < -0.3 is 30.4 Å². The van der Waals surface area contributed by atoms with E-state index >= 15 is 0 Å². The van der Waals surface area contributed by atoms with E-state index in [9.17, 15) is 14.4 Å². The molecule has 1 saturated heterocycles. The number of rotatable bonds is 8. The molecule has 0 bridgehead atoms. The molecule has 0 unspecified atom stereocenters. The molecule has 5 rings (SSSR count). The van der Waals surface area contributed by atoms with Crippen LogP contribution in [0.4, 0.5) is 0 Å². The number of para-hydroxylation sites is 1. The minimum atomic E-state index is -0.734. The number of likely N-dealkylation sites (tertiary alicyclic amines) is 1. The van der Waals surface area contributed by atoms with Gasteiger partial charge in [-0.3, -0.25) is 19.8 Å². The number of hydrogen-bond acceptors (Lipinski definition) is 7. The van der Waals surface area contributed by atoms with Crippen LogP contribution in [0.5, 0.6) is 0 Å². The number of ether oxygens (including phenoxy) is 1. The van der Waals surface area contributed by atoms with E-state index in [4.69, 9.17) is 20.3 Å². The maximum absolute atomic E-state index is 13.2. The van der Waals surface area contributed by atoms with Crippen LogP contribution < -0.4 is 16.4 Å². The topological polar surface area (TPSA) is 151 Å². The molecular weight excluding hydrogens is 518 g/mol. The number of fused-ring (bicyclic) bond motifs is 3. The Bertz CT molecular complexity index is 1580. The SMILES string of the molecule is CO[C@@H]1C[C@@H](C(=O)N[C@H](C)c2cc(C(=N)N)cs2)N(C(=O)CNC(=O)c2ccc3oc4ccccc4c3c2)C1. The lowest BCUT2D eigenvalue weighted by Crippen LogP contribution is -2.49. The molecule has 3 amide bonds. The summed E-state index contributed by atoms with van der Waals surface area (Å²) in [4.78, 5) is 41.6. The first-order valence-corrected chi connectivity index (χ1v) is 13.4. The van der Waals surface area contributed by atoms with E-state index in [1.165, 1.54) is 16.2 Å². The average Bonchev–Trinajstić information content (AvgIpc) is 3.68. The van der Waals surface area contributed by atoms with Gasteiger partial charge in [0.15, 0.2) is 0 Å². The number of amidine groups is 1. The molecule has 3 heterocycles. The summed E-state index contributed by atoms with van der Waals surface area (Å²) in [6.45, 7) is 1.83. The number of amides is 3. The molecule has 0 spiro atoms. The van der Waals surface area contributed by atoms with Crippen LogP contribution in [0, 0.1) is 5.41 Å². The standard InChI is InChI=1S/C28H29N5O5S/c1-15(24-10-17(14-39-24)26(29)30)32-28(36)21-11-18(37-2)13-33(21)25(34)12-31-27(35)16-7-8-23-20(9-16)19-5-3-4-6-22(19)38-23/h3-10,14-15,18,21H,11-13H2,1-2H3,(H3,29,30)(H,31,35)(H,32,36)/t15-,18-,21+/m1/s1. The number of hydrogen-bond donors (Lipinski definition) is 4. The minimum Gasteiger partial charge on any atom is -0.456 e. The van der Waals surface area contributed by atoms with Crippen LogP contribution in [-0.4, -0.2) is 60.8 Å². The summed E-state index contributed by atoms with van der Waals surface area (Å²) >= 11 is 1.40. The van der Waals surface area contributed by atoms with E-state index in [1.54, 1.807) is 36.8 Å². The van der Waals surface area contributed by atoms with E-state index in [2.05, 4.69) is 10.6 Å². The Hall–Kier alpha value is -4.22. The van der Waals surface area contributed by atoms with Crippen molar-refractivity contribution in [2.45, 2.75) is 31.5 Å². The maximum Gasteiger partial charge on any atom is 0.251 e. The van der Waals surface area contributed by atoms with Gasteiger partial charge in [-0.15, -0.1) is 11.3 Å². The van der Waals surface area contributed by atoms with Crippen molar-refractivity contribution in [3.8, 4) is 0 Å². The molecule has 1 fully saturated rings. The van der Waals surface area contributed by atoms with Crippen molar-refractivity contribution in [1.82, 2.24) is 15.5 Å². The zero-order valence-electron chi connectivity index (χ0n) is 21.5. The van der Waals surface area contributed by atoms with Gasteiger partial charge in [0.2, 0.25) is 11.8 Å². The minimum absolute atomic E-state index is 0.0355. The highest BCUT2D eigenvalue weighted by atomic mass is 32.1. The van der Waals surface area contributed by atoms with Gasteiger partial charge in [0.05, 0.1) is 18.7 Å². The first-order chi connectivity index (χ1) is 18.7. The molecule has 1 aliphatic heterocycles. The number of benzene rings is 2. The second-order valence-electron chi connectivity index (χ2n) is 9.53. The number of nitrogens with zero attached hydrogens (tertiary/aromatic N) is 1. The fraction of sp³-hybridized carbons (Fsp3) is 0.286. The van der Waals surface area contributed by atoms with E-state index in [-0.39, 0.29) is 42.9 Å². The Morgan fingerprint density at radius 3 is 2.67 bits per heavy atom. The van der Waals surface area contributed by atoms with Crippen molar-refractivity contribution in [2.75, 3.05) is 20.2 Å². The van der Waals surface area contributed by atoms with Crippen molar-refractivity contribution in [1.29, 1.82) is 5.41 Å². The molecule has 2 aromatic carbocycles. The fourth-order valence-corrected chi connectivity index (χ4v) is 5.74. The smallest absolute Gasteiger partial charge is 0.251 e. The summed E-state index contributed by atoms with van der Waals surface area (Å²) in [6.07, 6.45) is 0.0563. The predicted molar refractivity (Wildman–Crippen MR) is 149 cm³/mol. The van der Waals surface area contributed by atoms with Crippen molar-refractivity contribution in [2.24, 2.45) is 5.73 Å². The number of thiophene rings is 1. The molecular formula is C28H29N5O5S. The molecule has 202 valence electrons. The quantitative estimate of drug-likeness (QED) is 0.197. The molecule has 39 heavy (non-hydrogen) atoms. The first kappa shape index (κ1) is 26.4. The number of furan rings is 1. The summed E-state index contributed by atoms with van der Waals surface area (Å²) in [5.41, 5.74) is 7.97. The predicted octanol–water partition coefficient (Wildman–Crippen LogP) is 3.15. The van der Waals surface area contributed by atoms with Crippen LogP contribution in [0.15, 0.2) is 58.3 Å². The van der Waals surface area contributed by atoms with Crippen LogP contribution in [0.3, 0.4) is 0 Å². The zero-order valence-corrected chi connectivity index (χ0v) is 22.3. The number of nitrogen functional groups attached to an aromatic ring is 1. The van der Waals surface area contributed by atoms with Crippen molar-refractivity contribution >= 4 is 56.8 Å². The van der Waals surface area contributed by atoms with Crippen LogP contribution in [0.2, 0.25) is 0 Å². The monoisotopic (exact) mass is 547 g/mol. The van der Waals surface area contributed by atoms with Crippen LogP contribution in [0.1, 0.15) is 40.2 Å². The number of nitrogens with one attached hydrogen (secondary N) is 3. The lowest BCUT2D eigenvalue weighted by molar-refractivity contribution is -0.138. The number of nitrogens with two attached hydrogens (primary N) is 1. The van der Waals surface area contributed by atoms with E-state index in [0.717, 1.165) is 21.2 Å². The Balaban J connectivity index is 1.24. The highest BCUT2D eigenvalue weighted by molar-refractivity contribution is 7.10. The van der Waals surface area contributed by atoms with Crippen LogP contribution >= 0.6 is 11.3 Å². The second kappa shape index (κ2) is 10.9. The van der Waals surface area contributed by atoms with Gasteiger partial charge in [-0.2, -0.15) is 0 Å². The van der Waals surface area contributed by atoms with Gasteiger partial charge in [-0.1, -0.05) is 18.2 Å². The van der Waals surface area contributed by atoms with Gasteiger partial charge in [0.25, 0.3) is 5.91 Å². The fourth-order valence-electron chi connectivity index (χ4n) is 4.82. The third-order valence-electron chi connectivity index (χ3n) is 6.97. The van der Waals surface area contributed by atoms with Gasteiger partial charge in [0.1, 0.15) is 23.0 Å². The molecule has 5 N–H and O–H groups in total. The maximum atomic E-state index is 13.2. The Morgan fingerprint density at radius 2 is 1.92 bits per heavy atom. The first-order valence-electron chi connectivity index (χ1n) is 12.5. The van der Waals surface area contributed by atoms with Crippen molar-refractivity contribution in [3.63, 3.8) is 0 Å². The third kappa shape index (κ3) is 5.36. The molecule has 3 atom stereocenters. The Labute approximate surface area is 228 Å². The van der Waals surface area contributed by atoms with Crippen LogP contribution in [-0.2, 0) is 14.3 Å². The summed E-state index contributed by atoms with van der Waals surface area (Å²) in [5, 5.41) is 16.7. The molecule has 10 nitrogen and oxygen atoms in total. The highest BCUT2D eigenvalue weighted by Gasteiger charge is 2.40. The molecule has 11 heteroatoms. The molecule has 4 aromatic rings. The largest absolute Gasteiger partial charge is 0.456 e. The zero-order chi connectivity index (χ0) is 27.7. The van der Waals surface area contributed by atoms with Gasteiger partial charge in [-0.05, 0) is 37.3 Å². The normalized spacial score (nSPS) is 17.8. The third-order valence-corrected chi connectivity index (χ3v) is 8.09. The highest BCUT2D eigenvalue weighted by Crippen LogP contribution is 2.29. The number of methoxy groups -OCH3 is 1. The summed E-state index contributed by atoms with van der Waals surface area (Å²) < 4.78 is 11.3. The summed E-state index contributed by atoms with van der Waals surface area (Å²) in [5.74, 6) is -1.12. The Morgan fingerprint density at radius 1 is 1.15 bits per heavy atom. The number of carbonyl (C=O) groups excluding carboxylic acids is 3. The summed E-state index contributed by atoms with van der Waals surface area (Å²) in [6, 6.07) is 13.4. The van der Waals surface area contributed by atoms with Gasteiger partial charge in [0, 0.05) is 52.2 Å². The Kier molecular flexibility index (Phi) is 7.36. The second-order valence-corrected chi connectivity index (χ2v) is 10.5. The van der Waals surface area contributed by atoms with Gasteiger partial charge >= 0.3 is 0 Å². The van der Waals surface area contributed by atoms with E-state index in [1.807, 2.05) is 31.2 Å². The van der Waals surface area contributed by atoms with Crippen molar-refractivity contribution < 1.29 is 23.5 Å². The lowest BCUT2D eigenvalue weighted by Gasteiger charge is -2.25. The molecule has 0 radical (unpaired) electrons. The van der Waals surface area contributed by atoms with Crippen LogP contribution in [0.25, 0.3) is 21.9 Å². The molecule has 1 aliphatic rings. The van der Waals surface area contributed by atoms with E-state index in [0.29, 0.717) is 23.1 Å². The molecule has 0 saturated carbocycles. The van der Waals surface area contributed by atoms with E-state index < -0.39 is 11.9 Å². The molecule has 2 aromatic heterocycles. The van der Waals surface area contributed by atoms with Gasteiger partial charge in [-0.25, -0.2) is 0 Å². The summed E-state index contributed by atoms with van der Waals surface area (Å²) in [7, 11) is 1.54. The van der Waals surface area contributed by atoms with Crippen molar-refractivity contribution in [3.05, 3.63) is 69.9 Å². The lowest BCUT2D eigenvalue weighted by atomic mass is 10.1. The number of carbonyl (C=O) groups is 3. The molecule has 0 aliphatic carbocycles. The average molecular weight is 548 g/mol.